The van der Waals surface area contributed by atoms with Crippen LogP contribution in [-0.2, 0) is 32.7 Å². The molecular weight excluding hydrogens is 465 g/mol. The van der Waals surface area contributed by atoms with E-state index < -0.39 is 32.9 Å². The van der Waals surface area contributed by atoms with Crippen molar-refractivity contribution in [3.8, 4) is 0 Å². The number of hydrogen-bond acceptors (Lipinski definition) is 7. The summed E-state index contributed by atoms with van der Waals surface area (Å²) in [7, 11) is -2.74. The van der Waals surface area contributed by atoms with E-state index in [9.17, 15) is 22.7 Å². The van der Waals surface area contributed by atoms with Crippen molar-refractivity contribution in [1.29, 1.82) is 0 Å². The van der Waals surface area contributed by atoms with Crippen LogP contribution in [0.2, 0.25) is 0 Å². The zero-order valence-corrected chi connectivity index (χ0v) is 20.5. The third-order valence-electron chi connectivity index (χ3n) is 6.10. The van der Waals surface area contributed by atoms with Crippen molar-refractivity contribution in [2.24, 2.45) is 5.92 Å². The van der Waals surface area contributed by atoms with Gasteiger partial charge in [-0.05, 0) is 25.5 Å². The minimum absolute atomic E-state index is 0.0606. The second kappa shape index (κ2) is 11.3. The first-order chi connectivity index (χ1) is 16.1. The van der Waals surface area contributed by atoms with Crippen molar-refractivity contribution in [2.75, 3.05) is 26.7 Å². The number of halogens is 1. The standard InChI is InChI=1S/C22H32FN5O5S/c1-16-12-27(17(2)14-29)22(30)9-6-10-28-18(11-24-25-28)15-33-20(16)13-26(3)34(31,32)21-8-5-4-7-19(21)23/h4-5,7-8,11,16-17,20,29H,6,9-10,12-15H2,1-3H3/t16-,17-,20-/m1/s1. The average Bonchev–Trinajstić information content (AvgIpc) is 3.25. The minimum Gasteiger partial charge on any atom is -0.394 e. The first kappa shape index (κ1) is 26.2. The van der Waals surface area contributed by atoms with Gasteiger partial charge >= 0.3 is 0 Å². The fraction of sp³-hybridized carbons (Fsp3) is 0.591. The molecule has 0 fully saturated rings. The molecule has 0 aliphatic carbocycles. The largest absolute Gasteiger partial charge is 0.394 e. The Balaban J connectivity index is 1.88. The highest BCUT2D eigenvalue weighted by Gasteiger charge is 2.32. The maximum Gasteiger partial charge on any atom is 0.245 e. The number of aliphatic hydroxyl groups excluding tert-OH is 1. The Morgan fingerprint density at radius 3 is 2.79 bits per heavy atom. The van der Waals surface area contributed by atoms with Gasteiger partial charge < -0.3 is 14.7 Å². The van der Waals surface area contributed by atoms with Gasteiger partial charge in [0.15, 0.2) is 0 Å². The fourth-order valence-electron chi connectivity index (χ4n) is 3.92. The van der Waals surface area contributed by atoms with Crippen LogP contribution in [0.15, 0.2) is 35.4 Å². The molecule has 2 aromatic rings. The zero-order valence-electron chi connectivity index (χ0n) is 19.7. The first-order valence-electron chi connectivity index (χ1n) is 11.2. The topological polar surface area (TPSA) is 118 Å². The van der Waals surface area contributed by atoms with E-state index in [1.165, 1.54) is 25.2 Å². The number of aliphatic hydroxyl groups is 1. The van der Waals surface area contributed by atoms with E-state index >= 15 is 0 Å². The Kier molecular flexibility index (Phi) is 8.74. The summed E-state index contributed by atoms with van der Waals surface area (Å²) in [5.41, 5.74) is 0.713. The molecule has 1 aliphatic heterocycles. The number of hydrogen-bond donors (Lipinski definition) is 1. The number of carbonyl (C=O) groups excluding carboxylic acids is 1. The van der Waals surface area contributed by atoms with Crippen LogP contribution in [-0.4, -0.2) is 82.5 Å². The monoisotopic (exact) mass is 497 g/mol. The Labute approximate surface area is 199 Å². The molecule has 188 valence electrons. The van der Waals surface area contributed by atoms with Gasteiger partial charge in [-0.1, -0.05) is 24.3 Å². The molecule has 34 heavy (non-hydrogen) atoms. The number of carbonyl (C=O) groups is 1. The number of fused-ring (bicyclic) bond motifs is 1. The maximum atomic E-state index is 14.2. The number of benzene rings is 1. The molecule has 0 bridgehead atoms. The van der Waals surface area contributed by atoms with E-state index in [0.29, 0.717) is 18.7 Å². The summed E-state index contributed by atoms with van der Waals surface area (Å²) >= 11 is 0. The number of sulfonamides is 1. The van der Waals surface area contributed by atoms with Gasteiger partial charge in [0.1, 0.15) is 10.7 Å². The molecule has 3 atom stereocenters. The van der Waals surface area contributed by atoms with Gasteiger partial charge in [-0.3, -0.25) is 4.79 Å². The molecule has 0 saturated heterocycles. The molecule has 1 aromatic heterocycles. The van der Waals surface area contributed by atoms with E-state index in [0.717, 1.165) is 10.4 Å². The van der Waals surface area contributed by atoms with Gasteiger partial charge in [0.2, 0.25) is 15.9 Å². The van der Waals surface area contributed by atoms with Crippen molar-refractivity contribution >= 4 is 15.9 Å². The summed E-state index contributed by atoms with van der Waals surface area (Å²) in [5.74, 6) is -1.23. The second-order valence-electron chi connectivity index (χ2n) is 8.67. The van der Waals surface area contributed by atoms with Crippen LogP contribution < -0.4 is 0 Å². The van der Waals surface area contributed by atoms with Gasteiger partial charge in [0, 0.05) is 39.0 Å². The molecule has 2 heterocycles. The Hall–Kier alpha value is -2.41. The molecule has 12 heteroatoms. The van der Waals surface area contributed by atoms with Crippen molar-refractivity contribution < 1.29 is 27.4 Å². The number of aromatic nitrogens is 3. The highest BCUT2D eigenvalue weighted by atomic mass is 32.2. The number of ether oxygens (including phenoxy) is 1. The Morgan fingerprint density at radius 1 is 1.35 bits per heavy atom. The van der Waals surface area contributed by atoms with Crippen LogP contribution >= 0.6 is 0 Å². The van der Waals surface area contributed by atoms with Gasteiger partial charge in [0.05, 0.1) is 37.3 Å². The molecule has 1 aromatic carbocycles. The predicted molar refractivity (Wildman–Crippen MR) is 121 cm³/mol. The molecule has 0 spiro atoms. The summed E-state index contributed by atoms with van der Waals surface area (Å²) in [4.78, 5) is 14.1. The highest BCUT2D eigenvalue weighted by molar-refractivity contribution is 7.89. The molecular formula is C22H32FN5O5S. The molecule has 0 unspecified atom stereocenters. The smallest absolute Gasteiger partial charge is 0.245 e. The maximum absolute atomic E-state index is 14.2. The fourth-order valence-corrected chi connectivity index (χ4v) is 5.16. The lowest BCUT2D eigenvalue weighted by Crippen LogP contribution is -2.48. The van der Waals surface area contributed by atoms with Crippen LogP contribution in [0, 0.1) is 11.7 Å². The molecule has 1 aliphatic rings. The van der Waals surface area contributed by atoms with Crippen molar-refractivity contribution in [1.82, 2.24) is 24.2 Å². The summed E-state index contributed by atoms with van der Waals surface area (Å²) in [6, 6.07) is 4.81. The summed E-state index contributed by atoms with van der Waals surface area (Å²) in [6.45, 7) is 4.27. The number of amides is 1. The number of likely N-dealkylation sites (N-methyl/N-ethyl adjacent to an activating group) is 1. The number of nitrogens with zero attached hydrogens (tertiary/aromatic N) is 5. The lowest BCUT2D eigenvalue weighted by Gasteiger charge is -2.35. The van der Waals surface area contributed by atoms with E-state index in [1.54, 1.807) is 22.7 Å². The van der Waals surface area contributed by atoms with Crippen LogP contribution in [0.5, 0.6) is 0 Å². The normalized spacial score (nSPS) is 21.6. The summed E-state index contributed by atoms with van der Waals surface area (Å²) in [5, 5.41) is 17.6. The Morgan fingerprint density at radius 2 is 2.09 bits per heavy atom. The van der Waals surface area contributed by atoms with Crippen LogP contribution in [0.4, 0.5) is 4.39 Å². The van der Waals surface area contributed by atoms with E-state index in [4.69, 9.17) is 4.74 Å². The van der Waals surface area contributed by atoms with E-state index in [1.807, 2.05) is 6.92 Å². The van der Waals surface area contributed by atoms with Gasteiger partial charge in [0.25, 0.3) is 0 Å². The predicted octanol–water partition coefficient (Wildman–Crippen LogP) is 1.26. The molecule has 1 N–H and O–H groups in total. The van der Waals surface area contributed by atoms with Gasteiger partial charge in [-0.2, -0.15) is 4.31 Å². The summed E-state index contributed by atoms with van der Waals surface area (Å²) < 4.78 is 49.2. The molecule has 0 radical (unpaired) electrons. The molecule has 10 nitrogen and oxygen atoms in total. The van der Waals surface area contributed by atoms with Crippen molar-refractivity contribution in [3.05, 3.63) is 42.0 Å². The number of aryl methyl sites for hydroxylation is 1. The van der Waals surface area contributed by atoms with Crippen molar-refractivity contribution in [2.45, 2.75) is 56.9 Å². The quantitative estimate of drug-likeness (QED) is 0.638. The van der Waals surface area contributed by atoms with Crippen LogP contribution in [0.3, 0.4) is 0 Å². The van der Waals surface area contributed by atoms with Gasteiger partial charge in [-0.25, -0.2) is 17.5 Å². The van der Waals surface area contributed by atoms with E-state index in [-0.39, 0.29) is 44.5 Å². The third kappa shape index (κ3) is 5.98. The van der Waals surface area contributed by atoms with Crippen molar-refractivity contribution in [3.63, 3.8) is 0 Å². The average molecular weight is 498 g/mol. The number of rotatable bonds is 6. The lowest BCUT2D eigenvalue weighted by molar-refractivity contribution is -0.136. The SMILES string of the molecule is C[C@@H]1CN([C@H](C)CO)C(=O)CCCn2nncc2CO[C@@H]1CN(C)S(=O)(=O)c1ccccc1F. The summed E-state index contributed by atoms with van der Waals surface area (Å²) in [6.07, 6.45) is 1.79. The minimum atomic E-state index is -4.11. The third-order valence-corrected chi connectivity index (χ3v) is 7.96. The molecule has 3 rings (SSSR count). The van der Waals surface area contributed by atoms with Crippen LogP contribution in [0.25, 0.3) is 0 Å². The van der Waals surface area contributed by atoms with Crippen LogP contribution in [0.1, 0.15) is 32.4 Å². The molecule has 1 amide bonds. The Bertz CT molecular complexity index is 1080. The zero-order chi connectivity index (χ0) is 24.9. The lowest BCUT2D eigenvalue weighted by atomic mass is 10.0. The van der Waals surface area contributed by atoms with Gasteiger partial charge in [-0.15, -0.1) is 5.10 Å². The first-order valence-corrected chi connectivity index (χ1v) is 12.7. The second-order valence-corrected chi connectivity index (χ2v) is 10.7. The highest BCUT2D eigenvalue weighted by Crippen LogP contribution is 2.22. The molecule has 0 saturated carbocycles. The van der Waals surface area contributed by atoms with E-state index in [2.05, 4.69) is 10.3 Å².